The van der Waals surface area contributed by atoms with Crippen LogP contribution < -0.4 is 10.7 Å². The highest BCUT2D eigenvalue weighted by Crippen LogP contribution is 2.32. The highest BCUT2D eigenvalue weighted by Gasteiger charge is 2.21. The number of nitrogens with zero attached hydrogens (tertiary/aromatic N) is 2. The summed E-state index contributed by atoms with van der Waals surface area (Å²) >= 11 is 3.21. The Morgan fingerprint density at radius 2 is 2.00 bits per heavy atom. The van der Waals surface area contributed by atoms with Crippen molar-refractivity contribution in [3.8, 4) is 11.3 Å². The fourth-order valence-corrected chi connectivity index (χ4v) is 4.00. The van der Waals surface area contributed by atoms with Crippen LogP contribution in [0.15, 0.2) is 62.6 Å². The minimum absolute atomic E-state index is 0.100. The van der Waals surface area contributed by atoms with Gasteiger partial charge in [0.2, 0.25) is 0 Å². The SMILES string of the molecule is Cc1cc(C(C)Nc2ccc(Br)nc2C(=O)O)c2oc(-c3cccnc3)c(C)c(=O)c2c1. The molecule has 1 aromatic carbocycles. The molecule has 8 heteroatoms. The number of carbonyl (C=O) groups is 1. The van der Waals surface area contributed by atoms with E-state index in [0.717, 1.165) is 11.1 Å². The zero-order valence-electron chi connectivity index (χ0n) is 17.6. The van der Waals surface area contributed by atoms with Crippen molar-refractivity contribution in [2.24, 2.45) is 0 Å². The smallest absolute Gasteiger partial charge is 0.356 e. The van der Waals surface area contributed by atoms with E-state index in [0.29, 0.717) is 38.1 Å². The van der Waals surface area contributed by atoms with Gasteiger partial charge in [0, 0.05) is 29.1 Å². The van der Waals surface area contributed by atoms with Crippen molar-refractivity contribution in [3.05, 3.63) is 86.0 Å². The van der Waals surface area contributed by atoms with Crippen LogP contribution in [0.3, 0.4) is 0 Å². The first-order valence-corrected chi connectivity index (χ1v) is 10.7. The number of anilines is 1. The van der Waals surface area contributed by atoms with Crippen molar-refractivity contribution in [2.45, 2.75) is 26.8 Å². The van der Waals surface area contributed by atoms with Crippen LogP contribution in [0.5, 0.6) is 0 Å². The lowest BCUT2D eigenvalue weighted by atomic mass is 9.99. The van der Waals surface area contributed by atoms with Gasteiger partial charge in [-0.1, -0.05) is 6.07 Å². The maximum atomic E-state index is 13.2. The van der Waals surface area contributed by atoms with Crippen molar-refractivity contribution in [2.75, 3.05) is 5.32 Å². The van der Waals surface area contributed by atoms with Gasteiger partial charge in [-0.2, -0.15) is 0 Å². The number of halogens is 1. The Balaban J connectivity index is 1.88. The monoisotopic (exact) mass is 493 g/mol. The van der Waals surface area contributed by atoms with E-state index in [1.807, 2.05) is 26.0 Å². The standard InChI is InChI=1S/C24H20BrN3O4/c1-12-9-16(14(3)27-18-6-7-19(25)28-20(18)24(30)31)23-17(10-12)21(29)13(2)22(32-23)15-5-4-8-26-11-15/h4-11,14,27H,1-3H3,(H,30,31). The summed E-state index contributed by atoms with van der Waals surface area (Å²) in [7, 11) is 0. The van der Waals surface area contributed by atoms with Crippen LogP contribution in [0.25, 0.3) is 22.3 Å². The second-order valence-electron chi connectivity index (χ2n) is 7.56. The molecule has 3 aromatic heterocycles. The number of hydrogen-bond donors (Lipinski definition) is 2. The Kier molecular flexibility index (Phi) is 5.80. The molecule has 0 radical (unpaired) electrons. The summed E-state index contributed by atoms with van der Waals surface area (Å²) in [5, 5.41) is 13.2. The summed E-state index contributed by atoms with van der Waals surface area (Å²) in [6.07, 6.45) is 3.31. The third-order valence-electron chi connectivity index (χ3n) is 5.22. The molecule has 162 valence electrons. The van der Waals surface area contributed by atoms with Gasteiger partial charge in [0.1, 0.15) is 15.9 Å². The maximum Gasteiger partial charge on any atom is 0.356 e. The molecule has 0 saturated heterocycles. The number of hydrogen-bond acceptors (Lipinski definition) is 6. The molecule has 0 aliphatic rings. The number of aromatic nitrogens is 2. The lowest BCUT2D eigenvalue weighted by Gasteiger charge is -2.19. The first-order chi connectivity index (χ1) is 15.3. The zero-order valence-corrected chi connectivity index (χ0v) is 19.2. The summed E-state index contributed by atoms with van der Waals surface area (Å²) in [4.78, 5) is 33.0. The Labute approximate surface area is 192 Å². The molecule has 7 nitrogen and oxygen atoms in total. The van der Waals surface area contributed by atoms with E-state index < -0.39 is 5.97 Å². The molecule has 0 aliphatic heterocycles. The summed E-state index contributed by atoms with van der Waals surface area (Å²) < 4.78 is 6.71. The van der Waals surface area contributed by atoms with Gasteiger partial charge in [0.05, 0.1) is 17.1 Å². The minimum atomic E-state index is -1.14. The van der Waals surface area contributed by atoms with E-state index in [2.05, 4.69) is 31.2 Å². The van der Waals surface area contributed by atoms with Crippen LogP contribution in [-0.4, -0.2) is 21.0 Å². The van der Waals surface area contributed by atoms with E-state index in [1.54, 1.807) is 43.6 Å². The molecule has 1 unspecified atom stereocenters. The number of fused-ring (bicyclic) bond motifs is 1. The molecular weight excluding hydrogens is 474 g/mol. The third-order valence-corrected chi connectivity index (χ3v) is 5.66. The van der Waals surface area contributed by atoms with E-state index in [4.69, 9.17) is 4.42 Å². The van der Waals surface area contributed by atoms with Gasteiger partial charge in [-0.05, 0) is 72.6 Å². The lowest BCUT2D eigenvalue weighted by Crippen LogP contribution is -2.14. The Bertz CT molecular complexity index is 1400. The Hall–Kier alpha value is -3.52. The molecule has 0 spiro atoms. The maximum absolute atomic E-state index is 13.2. The molecule has 0 amide bonds. The van der Waals surface area contributed by atoms with Gasteiger partial charge >= 0.3 is 5.97 Å². The fraction of sp³-hybridized carbons (Fsp3) is 0.167. The summed E-state index contributed by atoms with van der Waals surface area (Å²) in [6.45, 7) is 5.53. The van der Waals surface area contributed by atoms with Gasteiger partial charge < -0.3 is 14.8 Å². The quantitative estimate of drug-likeness (QED) is 0.353. The van der Waals surface area contributed by atoms with Crippen molar-refractivity contribution in [3.63, 3.8) is 0 Å². The number of pyridine rings is 2. The summed E-state index contributed by atoms with van der Waals surface area (Å²) in [6, 6.07) is 10.3. The van der Waals surface area contributed by atoms with Gasteiger partial charge in [-0.3, -0.25) is 9.78 Å². The molecule has 0 saturated carbocycles. The van der Waals surface area contributed by atoms with E-state index in [1.165, 1.54) is 0 Å². The van der Waals surface area contributed by atoms with Gasteiger partial charge in [0.15, 0.2) is 11.1 Å². The van der Waals surface area contributed by atoms with Crippen LogP contribution in [-0.2, 0) is 0 Å². The van der Waals surface area contributed by atoms with Crippen molar-refractivity contribution >= 4 is 38.6 Å². The molecule has 0 bridgehead atoms. The van der Waals surface area contributed by atoms with Crippen molar-refractivity contribution in [1.29, 1.82) is 0 Å². The van der Waals surface area contributed by atoms with Crippen LogP contribution in [0.4, 0.5) is 5.69 Å². The van der Waals surface area contributed by atoms with Crippen LogP contribution in [0, 0.1) is 13.8 Å². The van der Waals surface area contributed by atoms with Gasteiger partial charge in [-0.25, -0.2) is 9.78 Å². The zero-order chi connectivity index (χ0) is 23.0. The molecule has 0 fully saturated rings. The molecule has 4 aromatic rings. The number of carboxylic acid groups (broad SMARTS) is 1. The second kappa shape index (κ2) is 8.55. The van der Waals surface area contributed by atoms with Crippen molar-refractivity contribution < 1.29 is 14.3 Å². The highest BCUT2D eigenvalue weighted by atomic mass is 79.9. The van der Waals surface area contributed by atoms with Crippen LogP contribution in [0.1, 0.15) is 40.1 Å². The lowest BCUT2D eigenvalue weighted by molar-refractivity contribution is 0.0691. The largest absolute Gasteiger partial charge is 0.476 e. The van der Waals surface area contributed by atoms with Crippen LogP contribution in [0.2, 0.25) is 0 Å². The molecule has 0 aliphatic carbocycles. The topological polar surface area (TPSA) is 105 Å². The Morgan fingerprint density at radius 1 is 1.22 bits per heavy atom. The third kappa shape index (κ3) is 4.01. The van der Waals surface area contributed by atoms with Crippen molar-refractivity contribution in [1.82, 2.24) is 9.97 Å². The van der Waals surface area contributed by atoms with Gasteiger partial charge in [0.25, 0.3) is 0 Å². The van der Waals surface area contributed by atoms with Crippen LogP contribution >= 0.6 is 15.9 Å². The Morgan fingerprint density at radius 3 is 2.69 bits per heavy atom. The molecule has 32 heavy (non-hydrogen) atoms. The molecule has 2 N–H and O–H groups in total. The number of nitrogens with one attached hydrogen (secondary N) is 1. The predicted molar refractivity (Wildman–Crippen MR) is 126 cm³/mol. The fourth-order valence-electron chi connectivity index (χ4n) is 3.69. The number of aromatic carboxylic acids is 1. The van der Waals surface area contributed by atoms with Gasteiger partial charge in [-0.15, -0.1) is 0 Å². The number of carboxylic acids is 1. The molecular formula is C24H20BrN3O4. The first-order valence-electron chi connectivity index (χ1n) is 9.91. The van der Waals surface area contributed by atoms with E-state index in [-0.39, 0.29) is 17.2 Å². The minimum Gasteiger partial charge on any atom is -0.476 e. The molecule has 4 rings (SSSR count). The highest BCUT2D eigenvalue weighted by molar-refractivity contribution is 9.10. The van der Waals surface area contributed by atoms with E-state index in [9.17, 15) is 14.7 Å². The number of benzene rings is 1. The van der Waals surface area contributed by atoms with E-state index >= 15 is 0 Å². The first kappa shape index (κ1) is 21.7. The summed E-state index contributed by atoms with van der Waals surface area (Å²) in [5.74, 6) is -0.680. The molecule has 1 atom stereocenters. The number of rotatable bonds is 5. The average Bonchev–Trinajstić information content (AvgIpc) is 2.77. The predicted octanol–water partition coefficient (Wildman–Crippen LogP) is 5.50. The average molecular weight is 494 g/mol. The normalized spacial score (nSPS) is 12.0. The second-order valence-corrected chi connectivity index (χ2v) is 8.37. The number of aryl methyl sites for hydroxylation is 1. The summed E-state index contributed by atoms with van der Waals surface area (Å²) in [5.41, 5.74) is 3.46. The molecule has 3 heterocycles.